The molecule has 0 N–H and O–H groups in total. The van der Waals surface area contributed by atoms with Crippen molar-refractivity contribution in [3.8, 4) is 11.5 Å². The van der Waals surface area contributed by atoms with E-state index in [0.717, 1.165) is 0 Å². The second-order valence-electron chi connectivity index (χ2n) is 5.24. The minimum Gasteiger partial charge on any atom is -0.289 e. The average molecular weight is 312 g/mol. The van der Waals surface area contributed by atoms with E-state index in [1.165, 1.54) is 15.6 Å². The molecule has 0 aliphatic heterocycles. The number of carbonyl (C=O) groups excluding carboxylic acids is 1. The summed E-state index contributed by atoms with van der Waals surface area (Å²) in [6.07, 6.45) is 0.691. The molecule has 3 aromatic carbocycles. The molecule has 3 aromatic rings. The molecule has 0 amide bonds. The first-order valence-electron chi connectivity index (χ1n) is 7.51. The second-order valence-corrected chi connectivity index (χ2v) is 8.72. The van der Waals surface area contributed by atoms with Gasteiger partial charge >= 0.3 is 0 Å². The standard InChI is InChI=1S/C21H16OSi/c22-17-10-18-23(19-11-4-1-5-12-19,20-13-6-2-7-14-20)21-15-8-3-9-16-21/h1-9,11-17H. The molecular formula is C21H16OSi. The van der Waals surface area contributed by atoms with Gasteiger partial charge in [-0.1, -0.05) is 91.0 Å². The minimum absolute atomic E-state index is 0.691. The molecule has 1 nitrogen and oxygen atoms in total. The predicted octanol–water partition coefficient (Wildman–Crippen LogP) is 1.90. The number of carbonyl (C=O) groups is 1. The van der Waals surface area contributed by atoms with Gasteiger partial charge in [-0.3, -0.25) is 4.79 Å². The van der Waals surface area contributed by atoms with Gasteiger partial charge in [-0.25, -0.2) is 0 Å². The molecule has 0 aliphatic carbocycles. The van der Waals surface area contributed by atoms with Crippen molar-refractivity contribution in [2.75, 3.05) is 0 Å². The molecule has 0 atom stereocenters. The van der Waals surface area contributed by atoms with Crippen molar-refractivity contribution in [3.63, 3.8) is 0 Å². The van der Waals surface area contributed by atoms with Crippen LogP contribution in [0.5, 0.6) is 0 Å². The smallest absolute Gasteiger partial charge is 0.230 e. The summed E-state index contributed by atoms with van der Waals surface area (Å²) < 4.78 is 0. The lowest BCUT2D eigenvalue weighted by Gasteiger charge is -2.27. The summed E-state index contributed by atoms with van der Waals surface area (Å²) in [4.78, 5) is 11.0. The quantitative estimate of drug-likeness (QED) is 0.312. The lowest BCUT2D eigenvalue weighted by Crippen LogP contribution is -2.66. The van der Waals surface area contributed by atoms with Crippen LogP contribution in [0.15, 0.2) is 91.0 Å². The Hall–Kier alpha value is -2.89. The molecule has 0 fully saturated rings. The topological polar surface area (TPSA) is 17.1 Å². The molecule has 0 bridgehead atoms. The minimum atomic E-state index is -2.54. The maximum atomic E-state index is 11.0. The first-order chi connectivity index (χ1) is 11.4. The van der Waals surface area contributed by atoms with Crippen LogP contribution < -0.4 is 15.6 Å². The van der Waals surface area contributed by atoms with Crippen LogP contribution in [0.1, 0.15) is 0 Å². The van der Waals surface area contributed by atoms with Crippen LogP contribution in [0, 0.1) is 11.5 Å². The average Bonchev–Trinajstić information content (AvgIpc) is 2.65. The number of hydrogen-bond donors (Lipinski definition) is 0. The van der Waals surface area contributed by atoms with Crippen molar-refractivity contribution in [1.29, 1.82) is 0 Å². The lowest BCUT2D eigenvalue weighted by atomic mass is 10.3. The van der Waals surface area contributed by atoms with E-state index in [0.29, 0.717) is 6.29 Å². The third-order valence-electron chi connectivity index (χ3n) is 3.94. The number of aldehydes is 1. The molecule has 110 valence electrons. The van der Waals surface area contributed by atoms with E-state index in [4.69, 9.17) is 0 Å². The first-order valence-corrected chi connectivity index (χ1v) is 9.51. The Morgan fingerprint density at radius 1 is 0.609 bits per heavy atom. The number of rotatable bonds is 3. The van der Waals surface area contributed by atoms with E-state index in [2.05, 4.69) is 47.9 Å². The van der Waals surface area contributed by atoms with Gasteiger partial charge in [-0.2, -0.15) is 0 Å². The van der Waals surface area contributed by atoms with Gasteiger partial charge < -0.3 is 0 Å². The van der Waals surface area contributed by atoms with E-state index in [-0.39, 0.29) is 0 Å². The Morgan fingerprint density at radius 3 is 1.26 bits per heavy atom. The van der Waals surface area contributed by atoms with Crippen molar-refractivity contribution in [2.24, 2.45) is 0 Å². The Morgan fingerprint density at radius 2 is 0.957 bits per heavy atom. The molecule has 0 unspecified atom stereocenters. The zero-order valence-corrected chi connectivity index (χ0v) is 13.6. The highest BCUT2D eigenvalue weighted by molar-refractivity contribution is 7.16. The third-order valence-corrected chi connectivity index (χ3v) is 8.06. The van der Waals surface area contributed by atoms with Gasteiger partial charge in [-0.15, -0.1) is 5.54 Å². The Labute approximate surface area is 137 Å². The monoisotopic (exact) mass is 312 g/mol. The Kier molecular flexibility index (Phi) is 4.51. The largest absolute Gasteiger partial charge is 0.289 e. The SMILES string of the molecule is O=CC#C[Si](c1ccccc1)(c1ccccc1)c1ccccc1. The lowest BCUT2D eigenvalue weighted by molar-refractivity contribution is -0.103. The number of benzene rings is 3. The van der Waals surface area contributed by atoms with E-state index in [9.17, 15) is 4.79 Å². The van der Waals surface area contributed by atoms with Crippen LogP contribution in [-0.4, -0.2) is 14.4 Å². The maximum Gasteiger partial charge on any atom is 0.230 e. The zero-order chi connectivity index (χ0) is 16.0. The molecular weight excluding hydrogens is 296 g/mol. The normalized spacial score (nSPS) is 10.4. The zero-order valence-electron chi connectivity index (χ0n) is 12.6. The van der Waals surface area contributed by atoms with Crippen LogP contribution in [0.2, 0.25) is 0 Å². The highest BCUT2D eigenvalue weighted by atomic mass is 28.3. The van der Waals surface area contributed by atoms with E-state index >= 15 is 0 Å². The summed E-state index contributed by atoms with van der Waals surface area (Å²) in [6.45, 7) is 0. The van der Waals surface area contributed by atoms with Gasteiger partial charge in [0.15, 0.2) is 6.29 Å². The highest BCUT2D eigenvalue weighted by Gasteiger charge is 2.38. The molecule has 3 rings (SSSR count). The summed E-state index contributed by atoms with van der Waals surface area (Å²) in [5.74, 6) is 2.72. The fourth-order valence-corrected chi connectivity index (χ4v) is 6.70. The van der Waals surface area contributed by atoms with Crippen LogP contribution in [-0.2, 0) is 4.79 Å². The third kappa shape index (κ3) is 2.87. The van der Waals surface area contributed by atoms with Crippen LogP contribution in [0.3, 0.4) is 0 Å². The molecule has 23 heavy (non-hydrogen) atoms. The van der Waals surface area contributed by atoms with Crippen molar-refractivity contribution < 1.29 is 4.79 Å². The van der Waals surface area contributed by atoms with Gasteiger partial charge in [0.05, 0.1) is 0 Å². The maximum absolute atomic E-state index is 11.0. The molecule has 0 saturated heterocycles. The van der Waals surface area contributed by atoms with E-state index in [1.54, 1.807) is 0 Å². The van der Waals surface area contributed by atoms with Crippen LogP contribution in [0.25, 0.3) is 0 Å². The van der Waals surface area contributed by atoms with E-state index < -0.39 is 8.07 Å². The summed E-state index contributed by atoms with van der Waals surface area (Å²) in [7, 11) is -2.54. The van der Waals surface area contributed by atoms with Crippen molar-refractivity contribution >= 4 is 29.9 Å². The molecule has 0 saturated carbocycles. The summed E-state index contributed by atoms with van der Waals surface area (Å²) in [5, 5.41) is 3.56. The molecule has 0 spiro atoms. The summed E-state index contributed by atoms with van der Waals surface area (Å²) in [5.41, 5.74) is 3.35. The van der Waals surface area contributed by atoms with Crippen LogP contribution in [0.4, 0.5) is 0 Å². The first kappa shape index (κ1) is 15.0. The van der Waals surface area contributed by atoms with Gasteiger partial charge in [0.1, 0.15) is 0 Å². The molecule has 0 heterocycles. The van der Waals surface area contributed by atoms with Gasteiger partial charge in [0.2, 0.25) is 8.07 Å². The van der Waals surface area contributed by atoms with Gasteiger partial charge in [0, 0.05) is 0 Å². The molecule has 0 aliphatic rings. The van der Waals surface area contributed by atoms with Crippen molar-refractivity contribution in [1.82, 2.24) is 0 Å². The molecule has 0 radical (unpaired) electrons. The molecule has 0 aromatic heterocycles. The molecule has 2 heteroatoms. The second kappa shape index (κ2) is 6.91. The Bertz CT molecular complexity index is 734. The number of hydrogen-bond acceptors (Lipinski definition) is 1. The predicted molar refractivity (Wildman–Crippen MR) is 97.8 cm³/mol. The van der Waals surface area contributed by atoms with Crippen molar-refractivity contribution in [3.05, 3.63) is 91.0 Å². The van der Waals surface area contributed by atoms with Crippen LogP contribution >= 0.6 is 0 Å². The Balaban J connectivity index is 2.37. The highest BCUT2D eigenvalue weighted by Crippen LogP contribution is 2.06. The van der Waals surface area contributed by atoms with E-state index in [1.807, 2.05) is 54.6 Å². The van der Waals surface area contributed by atoms with Gasteiger partial charge in [-0.05, 0) is 21.5 Å². The van der Waals surface area contributed by atoms with Gasteiger partial charge in [0.25, 0.3) is 0 Å². The summed E-state index contributed by atoms with van der Waals surface area (Å²) in [6, 6.07) is 30.9. The van der Waals surface area contributed by atoms with Crippen molar-refractivity contribution in [2.45, 2.75) is 0 Å². The fraction of sp³-hybridized carbons (Fsp3) is 0. The fourth-order valence-electron chi connectivity index (χ4n) is 2.92. The summed E-state index contributed by atoms with van der Waals surface area (Å²) >= 11 is 0.